The molecule has 8 nitrogen and oxygen atoms in total. The Hall–Kier alpha value is -3.10. The summed E-state index contributed by atoms with van der Waals surface area (Å²) in [5, 5.41) is 6.32. The van der Waals surface area contributed by atoms with Crippen molar-refractivity contribution in [3.05, 3.63) is 59.1 Å². The number of rotatable bonds is 6. The number of carbonyl (C=O) groups is 3. The van der Waals surface area contributed by atoms with Gasteiger partial charge in [-0.2, -0.15) is 0 Å². The number of carbonyl (C=O) groups excluding carboxylic acids is 3. The van der Waals surface area contributed by atoms with Crippen LogP contribution in [-0.2, 0) is 14.4 Å². The van der Waals surface area contributed by atoms with Crippen LogP contribution in [0.4, 0.5) is 11.4 Å². The fraction of sp³-hybridized carbons (Fsp3) is 0.400. The number of anilines is 2. The highest BCUT2D eigenvalue weighted by molar-refractivity contribution is 6.30. The number of hydrogen-bond acceptors (Lipinski definition) is 5. The molecule has 0 aliphatic carbocycles. The highest BCUT2D eigenvalue weighted by Crippen LogP contribution is 2.21. The summed E-state index contributed by atoms with van der Waals surface area (Å²) in [6, 6.07) is 14.4. The lowest BCUT2D eigenvalue weighted by atomic mass is 10.1. The molecule has 180 valence electrons. The molecule has 0 bridgehead atoms. The van der Waals surface area contributed by atoms with Gasteiger partial charge in [0.2, 0.25) is 17.7 Å². The van der Waals surface area contributed by atoms with Crippen molar-refractivity contribution < 1.29 is 14.4 Å². The molecule has 3 amide bonds. The standard InChI is InChI=1S/C25H30ClN5O3/c1-18-4-2-6-20(14-18)28-23(32)16-22-25(34)27-8-9-31(22)24(33)17-29-10-12-30(13-11-29)21-7-3-5-19(26)15-21/h2-7,14-15,22H,8-13,16-17H2,1H3,(H,27,34)(H,28,32). The molecule has 9 heteroatoms. The Labute approximate surface area is 204 Å². The Kier molecular flexibility index (Phi) is 7.70. The van der Waals surface area contributed by atoms with Crippen LogP contribution in [0.25, 0.3) is 0 Å². The zero-order valence-corrected chi connectivity index (χ0v) is 20.1. The summed E-state index contributed by atoms with van der Waals surface area (Å²) in [7, 11) is 0. The second kappa shape index (κ2) is 10.9. The predicted molar refractivity (Wildman–Crippen MR) is 133 cm³/mol. The third kappa shape index (κ3) is 6.07. The Morgan fingerprint density at radius 2 is 1.82 bits per heavy atom. The molecule has 2 N–H and O–H groups in total. The normalized spacial score (nSPS) is 19.0. The smallest absolute Gasteiger partial charge is 0.243 e. The summed E-state index contributed by atoms with van der Waals surface area (Å²) in [6.45, 7) is 6.01. The lowest BCUT2D eigenvalue weighted by Gasteiger charge is -2.39. The van der Waals surface area contributed by atoms with Crippen LogP contribution in [0.5, 0.6) is 0 Å². The van der Waals surface area contributed by atoms with E-state index in [0.29, 0.717) is 23.8 Å². The molecule has 0 spiro atoms. The van der Waals surface area contributed by atoms with E-state index >= 15 is 0 Å². The van der Waals surface area contributed by atoms with Gasteiger partial charge in [-0.05, 0) is 42.8 Å². The van der Waals surface area contributed by atoms with Gasteiger partial charge in [0.05, 0.1) is 13.0 Å². The number of halogens is 1. The van der Waals surface area contributed by atoms with Crippen molar-refractivity contribution in [3.63, 3.8) is 0 Å². The average molecular weight is 484 g/mol. The molecule has 1 atom stereocenters. The number of aryl methyl sites for hydroxylation is 1. The highest BCUT2D eigenvalue weighted by atomic mass is 35.5. The van der Waals surface area contributed by atoms with E-state index in [1.165, 1.54) is 0 Å². The molecule has 1 unspecified atom stereocenters. The number of benzene rings is 2. The summed E-state index contributed by atoms with van der Waals surface area (Å²) >= 11 is 6.11. The minimum absolute atomic E-state index is 0.0753. The second-order valence-corrected chi connectivity index (χ2v) is 9.20. The SMILES string of the molecule is Cc1cccc(NC(=O)CC2C(=O)NCCN2C(=O)CN2CCN(c3cccc(Cl)c3)CC2)c1. The van der Waals surface area contributed by atoms with Crippen LogP contribution in [0.3, 0.4) is 0 Å². The minimum Gasteiger partial charge on any atom is -0.369 e. The first-order chi connectivity index (χ1) is 16.4. The number of nitrogens with one attached hydrogen (secondary N) is 2. The molecule has 2 aromatic carbocycles. The van der Waals surface area contributed by atoms with Gasteiger partial charge in [0.25, 0.3) is 0 Å². The van der Waals surface area contributed by atoms with E-state index in [-0.39, 0.29) is 30.7 Å². The summed E-state index contributed by atoms with van der Waals surface area (Å²) in [6.07, 6.45) is -0.0753. The summed E-state index contributed by atoms with van der Waals surface area (Å²) in [5.74, 6) is -0.704. The van der Waals surface area contributed by atoms with E-state index in [9.17, 15) is 14.4 Å². The molecule has 0 saturated carbocycles. The van der Waals surface area contributed by atoms with Crippen molar-refractivity contribution in [2.75, 3.05) is 56.0 Å². The third-order valence-corrected chi connectivity index (χ3v) is 6.47. The summed E-state index contributed by atoms with van der Waals surface area (Å²) < 4.78 is 0. The van der Waals surface area contributed by atoms with Gasteiger partial charge in [0.1, 0.15) is 6.04 Å². The van der Waals surface area contributed by atoms with Crippen molar-refractivity contribution >= 4 is 40.7 Å². The first kappa shape index (κ1) is 24.0. The van der Waals surface area contributed by atoms with Crippen LogP contribution in [0.15, 0.2) is 48.5 Å². The molecule has 2 aromatic rings. The Morgan fingerprint density at radius 3 is 2.56 bits per heavy atom. The fourth-order valence-electron chi connectivity index (χ4n) is 4.45. The molecular formula is C25H30ClN5O3. The van der Waals surface area contributed by atoms with Crippen LogP contribution in [-0.4, -0.2) is 79.4 Å². The minimum atomic E-state index is -0.807. The Morgan fingerprint density at radius 1 is 1.06 bits per heavy atom. The topological polar surface area (TPSA) is 85.0 Å². The van der Waals surface area contributed by atoms with Crippen molar-refractivity contribution in [1.29, 1.82) is 0 Å². The van der Waals surface area contributed by atoms with Crippen LogP contribution >= 0.6 is 11.6 Å². The molecule has 0 radical (unpaired) electrons. The molecule has 2 aliphatic heterocycles. The van der Waals surface area contributed by atoms with Gasteiger partial charge in [-0.25, -0.2) is 0 Å². The van der Waals surface area contributed by atoms with Crippen LogP contribution in [0.1, 0.15) is 12.0 Å². The van der Waals surface area contributed by atoms with E-state index in [2.05, 4.69) is 20.4 Å². The average Bonchev–Trinajstić information content (AvgIpc) is 2.81. The lowest BCUT2D eigenvalue weighted by Crippen LogP contribution is -2.60. The summed E-state index contributed by atoms with van der Waals surface area (Å²) in [5.41, 5.74) is 2.78. The van der Waals surface area contributed by atoms with E-state index < -0.39 is 6.04 Å². The number of nitrogens with zero attached hydrogens (tertiary/aromatic N) is 3. The maximum absolute atomic E-state index is 13.1. The van der Waals surface area contributed by atoms with Gasteiger partial charge >= 0.3 is 0 Å². The van der Waals surface area contributed by atoms with Crippen molar-refractivity contribution in [3.8, 4) is 0 Å². The molecule has 2 fully saturated rings. The van der Waals surface area contributed by atoms with E-state index in [4.69, 9.17) is 11.6 Å². The molecular weight excluding hydrogens is 454 g/mol. The molecule has 2 heterocycles. The number of hydrogen-bond donors (Lipinski definition) is 2. The van der Waals surface area contributed by atoms with Crippen LogP contribution in [0.2, 0.25) is 5.02 Å². The Balaban J connectivity index is 1.32. The zero-order chi connectivity index (χ0) is 24.1. The van der Waals surface area contributed by atoms with Crippen molar-refractivity contribution in [2.45, 2.75) is 19.4 Å². The quantitative estimate of drug-likeness (QED) is 0.657. The fourth-order valence-corrected chi connectivity index (χ4v) is 4.63. The largest absolute Gasteiger partial charge is 0.369 e. The van der Waals surface area contributed by atoms with Crippen molar-refractivity contribution in [2.24, 2.45) is 0 Å². The molecule has 0 aromatic heterocycles. The van der Waals surface area contributed by atoms with Gasteiger partial charge in [0, 0.05) is 55.7 Å². The van der Waals surface area contributed by atoms with Gasteiger partial charge in [0.15, 0.2) is 0 Å². The Bertz CT molecular complexity index is 1050. The highest BCUT2D eigenvalue weighted by Gasteiger charge is 2.35. The van der Waals surface area contributed by atoms with Gasteiger partial charge < -0.3 is 20.4 Å². The maximum Gasteiger partial charge on any atom is 0.243 e. The number of amides is 3. The molecule has 2 saturated heterocycles. The summed E-state index contributed by atoms with van der Waals surface area (Å²) in [4.78, 5) is 44.2. The van der Waals surface area contributed by atoms with E-state index in [1.54, 1.807) is 11.0 Å². The van der Waals surface area contributed by atoms with Crippen LogP contribution < -0.4 is 15.5 Å². The van der Waals surface area contributed by atoms with E-state index in [0.717, 1.165) is 37.4 Å². The first-order valence-electron chi connectivity index (χ1n) is 11.6. The van der Waals surface area contributed by atoms with Gasteiger partial charge in [-0.3, -0.25) is 19.3 Å². The second-order valence-electron chi connectivity index (χ2n) is 8.76. The van der Waals surface area contributed by atoms with Gasteiger partial charge in [-0.1, -0.05) is 29.8 Å². The van der Waals surface area contributed by atoms with Crippen LogP contribution in [0, 0.1) is 6.92 Å². The first-order valence-corrected chi connectivity index (χ1v) is 11.9. The molecule has 4 rings (SSSR count). The van der Waals surface area contributed by atoms with Gasteiger partial charge in [-0.15, -0.1) is 0 Å². The number of piperazine rings is 2. The van der Waals surface area contributed by atoms with Crippen molar-refractivity contribution in [1.82, 2.24) is 15.1 Å². The monoisotopic (exact) mass is 483 g/mol. The molecule has 2 aliphatic rings. The molecule has 34 heavy (non-hydrogen) atoms. The van der Waals surface area contributed by atoms with E-state index in [1.807, 2.05) is 49.4 Å². The maximum atomic E-state index is 13.1. The predicted octanol–water partition coefficient (Wildman–Crippen LogP) is 2.13. The third-order valence-electron chi connectivity index (χ3n) is 6.24. The zero-order valence-electron chi connectivity index (χ0n) is 19.3. The lowest BCUT2D eigenvalue weighted by molar-refractivity contribution is -0.145.